The summed E-state index contributed by atoms with van der Waals surface area (Å²) in [5.41, 5.74) is 3.21. The van der Waals surface area contributed by atoms with Gasteiger partial charge in [-0.05, 0) is 43.0 Å². The molecule has 1 aliphatic heterocycles. The van der Waals surface area contributed by atoms with Gasteiger partial charge >= 0.3 is 0 Å². The summed E-state index contributed by atoms with van der Waals surface area (Å²) >= 11 is 3.48. The third-order valence-electron chi connectivity index (χ3n) is 4.63. The van der Waals surface area contributed by atoms with Gasteiger partial charge in [-0.25, -0.2) is 14.6 Å². The lowest BCUT2D eigenvalue weighted by Crippen LogP contribution is -2.36. The fourth-order valence-corrected chi connectivity index (χ4v) is 3.54. The maximum atomic E-state index is 4.50. The van der Waals surface area contributed by atoms with Gasteiger partial charge in [0.1, 0.15) is 5.52 Å². The summed E-state index contributed by atoms with van der Waals surface area (Å²) < 4.78 is 3.10. The van der Waals surface area contributed by atoms with Crippen LogP contribution in [0.2, 0.25) is 0 Å². The normalized spacial score (nSPS) is 16.0. The lowest BCUT2D eigenvalue weighted by molar-refractivity contribution is 0.367. The molecule has 24 heavy (non-hydrogen) atoms. The number of aryl methyl sites for hydroxylation is 1. The van der Waals surface area contributed by atoms with Crippen LogP contribution in [-0.4, -0.2) is 38.1 Å². The highest BCUT2D eigenvalue weighted by atomic mass is 79.9. The van der Waals surface area contributed by atoms with Crippen LogP contribution in [0.5, 0.6) is 0 Å². The molecule has 0 saturated carbocycles. The molecule has 2 aromatic heterocycles. The predicted octanol–water partition coefficient (Wildman–Crippen LogP) is 3.39. The molecule has 0 amide bonds. The number of nitrogens with zero attached hydrogens (tertiary/aromatic N) is 6. The first-order chi connectivity index (χ1) is 11.7. The Morgan fingerprint density at radius 3 is 2.62 bits per heavy atom. The Labute approximate surface area is 149 Å². The van der Waals surface area contributed by atoms with E-state index >= 15 is 0 Å². The number of hydrogen-bond donors (Lipinski definition) is 0. The lowest BCUT2D eigenvalue weighted by Gasteiger charge is -2.32. The number of piperidine rings is 1. The molecule has 4 rings (SSSR count). The van der Waals surface area contributed by atoms with Gasteiger partial charge in [-0.1, -0.05) is 28.1 Å². The molecule has 124 valence electrons. The summed E-state index contributed by atoms with van der Waals surface area (Å²) in [7, 11) is 0. The van der Waals surface area contributed by atoms with Gasteiger partial charge in [0.2, 0.25) is 5.95 Å². The van der Waals surface area contributed by atoms with Crippen molar-refractivity contribution < 1.29 is 0 Å². The monoisotopic (exact) mass is 386 g/mol. The van der Waals surface area contributed by atoms with Gasteiger partial charge in [0.15, 0.2) is 0 Å². The minimum Gasteiger partial charge on any atom is -0.341 e. The number of aromatic nitrogens is 5. The highest BCUT2D eigenvalue weighted by Crippen LogP contribution is 2.27. The molecule has 3 aromatic rings. The average Bonchev–Trinajstić information content (AvgIpc) is 3.05. The van der Waals surface area contributed by atoms with E-state index in [0.29, 0.717) is 6.04 Å². The molecule has 3 heterocycles. The van der Waals surface area contributed by atoms with Crippen LogP contribution in [-0.2, 0) is 6.42 Å². The fraction of sp³-hybridized carbons (Fsp3) is 0.412. The van der Waals surface area contributed by atoms with Crippen molar-refractivity contribution in [3.8, 4) is 0 Å². The van der Waals surface area contributed by atoms with E-state index in [2.05, 4.69) is 58.8 Å². The minimum atomic E-state index is 0.377. The van der Waals surface area contributed by atoms with Gasteiger partial charge in [-0.3, -0.25) is 0 Å². The van der Waals surface area contributed by atoms with E-state index in [1.165, 1.54) is 5.56 Å². The van der Waals surface area contributed by atoms with E-state index in [0.717, 1.165) is 53.8 Å². The lowest BCUT2D eigenvalue weighted by atomic mass is 10.1. The number of fused-ring (bicyclic) bond motifs is 1. The standard InChI is InChI=1S/C17H19BrN6/c1-2-12-10-19-17(20-11-12)23-7-5-14(6-8-23)24-16-4-3-13(18)9-15(16)21-22-24/h3-4,9-11,14H,2,5-8H2,1H3. The molecule has 0 atom stereocenters. The van der Waals surface area contributed by atoms with Crippen LogP contribution in [0.25, 0.3) is 11.0 Å². The fourth-order valence-electron chi connectivity index (χ4n) is 3.19. The summed E-state index contributed by atoms with van der Waals surface area (Å²) in [5.74, 6) is 0.832. The van der Waals surface area contributed by atoms with Crippen molar-refractivity contribution in [2.45, 2.75) is 32.2 Å². The first kappa shape index (κ1) is 15.5. The SMILES string of the molecule is CCc1cnc(N2CCC(n3nnc4cc(Br)ccc43)CC2)nc1. The molecule has 0 bridgehead atoms. The molecule has 1 aromatic carbocycles. The Balaban J connectivity index is 1.48. The van der Waals surface area contributed by atoms with Crippen LogP contribution < -0.4 is 4.90 Å². The zero-order valence-electron chi connectivity index (χ0n) is 13.6. The van der Waals surface area contributed by atoms with Crippen molar-refractivity contribution in [1.29, 1.82) is 0 Å². The summed E-state index contributed by atoms with van der Waals surface area (Å²) in [5, 5.41) is 8.67. The second-order valence-electron chi connectivity index (χ2n) is 6.13. The first-order valence-electron chi connectivity index (χ1n) is 8.31. The van der Waals surface area contributed by atoms with Crippen molar-refractivity contribution in [2.24, 2.45) is 0 Å². The van der Waals surface area contributed by atoms with Gasteiger partial charge in [0.05, 0.1) is 11.6 Å². The van der Waals surface area contributed by atoms with Crippen LogP contribution >= 0.6 is 15.9 Å². The van der Waals surface area contributed by atoms with E-state index in [1.807, 2.05) is 24.5 Å². The van der Waals surface area contributed by atoms with Gasteiger partial charge in [0.25, 0.3) is 0 Å². The Bertz CT molecular complexity index is 836. The number of benzene rings is 1. The Morgan fingerprint density at radius 1 is 1.17 bits per heavy atom. The second-order valence-corrected chi connectivity index (χ2v) is 7.05. The van der Waals surface area contributed by atoms with E-state index in [4.69, 9.17) is 0 Å². The van der Waals surface area contributed by atoms with Crippen molar-refractivity contribution in [3.63, 3.8) is 0 Å². The molecule has 1 fully saturated rings. The third kappa shape index (κ3) is 2.88. The molecule has 6 nitrogen and oxygen atoms in total. The zero-order chi connectivity index (χ0) is 16.5. The van der Waals surface area contributed by atoms with Crippen molar-refractivity contribution in [2.75, 3.05) is 18.0 Å². The Kier molecular flexibility index (Phi) is 4.18. The van der Waals surface area contributed by atoms with Crippen LogP contribution in [0.1, 0.15) is 31.4 Å². The van der Waals surface area contributed by atoms with E-state index < -0.39 is 0 Å². The molecule has 0 spiro atoms. The minimum absolute atomic E-state index is 0.377. The summed E-state index contributed by atoms with van der Waals surface area (Å²) in [6.45, 7) is 3.99. The topological polar surface area (TPSA) is 59.7 Å². The molecule has 0 aliphatic carbocycles. The molecule has 0 unspecified atom stereocenters. The van der Waals surface area contributed by atoms with E-state index in [9.17, 15) is 0 Å². The van der Waals surface area contributed by atoms with E-state index in [-0.39, 0.29) is 0 Å². The summed E-state index contributed by atoms with van der Waals surface area (Å²) in [6, 6.07) is 6.51. The van der Waals surface area contributed by atoms with Gasteiger partial charge in [-0.15, -0.1) is 5.10 Å². The Hall–Kier alpha value is -2.02. The molecule has 1 saturated heterocycles. The highest BCUT2D eigenvalue weighted by Gasteiger charge is 2.24. The quantitative estimate of drug-likeness (QED) is 0.690. The molecule has 0 radical (unpaired) electrons. The van der Waals surface area contributed by atoms with Crippen molar-refractivity contribution in [3.05, 3.63) is 40.6 Å². The largest absolute Gasteiger partial charge is 0.341 e. The predicted molar refractivity (Wildman–Crippen MR) is 97.1 cm³/mol. The van der Waals surface area contributed by atoms with Gasteiger partial charge in [0, 0.05) is 30.0 Å². The number of rotatable bonds is 3. The average molecular weight is 387 g/mol. The maximum absolute atomic E-state index is 4.50. The van der Waals surface area contributed by atoms with Crippen LogP contribution in [0, 0.1) is 0 Å². The second kappa shape index (κ2) is 6.47. The molecule has 1 aliphatic rings. The van der Waals surface area contributed by atoms with E-state index in [1.54, 1.807) is 0 Å². The third-order valence-corrected chi connectivity index (χ3v) is 5.12. The smallest absolute Gasteiger partial charge is 0.225 e. The Morgan fingerprint density at radius 2 is 1.92 bits per heavy atom. The highest BCUT2D eigenvalue weighted by molar-refractivity contribution is 9.10. The van der Waals surface area contributed by atoms with Gasteiger partial charge < -0.3 is 4.90 Å². The molecule has 7 heteroatoms. The maximum Gasteiger partial charge on any atom is 0.225 e. The number of hydrogen-bond acceptors (Lipinski definition) is 5. The summed E-state index contributed by atoms with van der Waals surface area (Å²) in [6.07, 6.45) is 6.87. The zero-order valence-corrected chi connectivity index (χ0v) is 15.1. The molecular weight excluding hydrogens is 368 g/mol. The van der Waals surface area contributed by atoms with Crippen LogP contribution in [0.3, 0.4) is 0 Å². The van der Waals surface area contributed by atoms with Crippen molar-refractivity contribution >= 4 is 32.9 Å². The van der Waals surface area contributed by atoms with Gasteiger partial charge in [-0.2, -0.15) is 0 Å². The number of anilines is 1. The first-order valence-corrected chi connectivity index (χ1v) is 9.10. The van der Waals surface area contributed by atoms with Crippen LogP contribution in [0.4, 0.5) is 5.95 Å². The molecule has 0 N–H and O–H groups in total. The van der Waals surface area contributed by atoms with Crippen LogP contribution in [0.15, 0.2) is 35.1 Å². The number of halogens is 1. The van der Waals surface area contributed by atoms with Crippen molar-refractivity contribution in [1.82, 2.24) is 25.0 Å². The molecular formula is C17H19BrN6. The summed E-state index contributed by atoms with van der Waals surface area (Å²) in [4.78, 5) is 11.2.